The normalized spacial score (nSPS) is 11.1. The summed E-state index contributed by atoms with van der Waals surface area (Å²) in [6.07, 6.45) is 0. The Labute approximate surface area is 190 Å². The molecule has 0 aliphatic heterocycles. The fraction of sp³-hybridized carbons (Fsp3) is 0.0769. The Morgan fingerprint density at radius 1 is 0.812 bits per heavy atom. The summed E-state index contributed by atoms with van der Waals surface area (Å²) in [4.78, 5) is 12.6. The van der Waals surface area contributed by atoms with Crippen LogP contribution in [-0.2, 0) is 0 Å². The predicted octanol–water partition coefficient (Wildman–Crippen LogP) is 6.59. The van der Waals surface area contributed by atoms with E-state index in [1.807, 2.05) is 67.6 Å². The average molecular weight is 441 g/mol. The topological polar surface area (TPSA) is 67.4 Å². The Balaban J connectivity index is 1.29. The number of para-hydroxylation sites is 1. The molecule has 0 spiro atoms. The fourth-order valence-electron chi connectivity index (χ4n) is 3.64. The summed E-state index contributed by atoms with van der Waals surface area (Å²) in [5.41, 5.74) is 5.58. The van der Waals surface area contributed by atoms with Crippen molar-refractivity contribution in [3.63, 3.8) is 0 Å². The number of fused-ring (bicyclic) bond motifs is 3. The van der Waals surface area contributed by atoms with Gasteiger partial charge in [0.25, 0.3) is 5.91 Å². The quantitative estimate of drug-likeness (QED) is 0.310. The highest BCUT2D eigenvalue weighted by Gasteiger charge is 2.15. The molecule has 0 bridgehead atoms. The lowest BCUT2D eigenvalue weighted by molar-refractivity contribution is 0.0951. The minimum atomic E-state index is -0.414. The molecule has 2 N–H and O–H groups in total. The van der Waals surface area contributed by atoms with Gasteiger partial charge < -0.3 is 14.2 Å². The Hall–Kier alpha value is -3.90. The highest BCUT2D eigenvalue weighted by atomic mass is 32.1. The molecule has 6 heteroatoms. The second kappa shape index (κ2) is 7.98. The molecular weight excluding hydrogens is 420 g/mol. The van der Waals surface area contributed by atoms with Crippen LogP contribution in [0.5, 0.6) is 0 Å². The van der Waals surface area contributed by atoms with Gasteiger partial charge >= 0.3 is 0 Å². The second-order valence-electron chi connectivity index (χ2n) is 7.68. The largest absolute Gasteiger partial charge is 0.456 e. The van der Waals surface area contributed by atoms with Crippen LogP contribution in [0.25, 0.3) is 33.3 Å². The molecule has 5 nitrogen and oxygen atoms in total. The van der Waals surface area contributed by atoms with Crippen LogP contribution in [0.1, 0.15) is 21.7 Å². The summed E-state index contributed by atoms with van der Waals surface area (Å²) in [5.74, 6) is 0.407. The molecule has 0 radical (unpaired) electrons. The van der Waals surface area contributed by atoms with Crippen molar-refractivity contribution in [2.45, 2.75) is 13.8 Å². The van der Waals surface area contributed by atoms with Crippen LogP contribution in [0.3, 0.4) is 0 Å². The Morgan fingerprint density at radius 3 is 2.47 bits per heavy atom. The van der Waals surface area contributed by atoms with Gasteiger partial charge in [-0.15, -0.1) is 0 Å². The first-order valence-corrected chi connectivity index (χ1v) is 10.6. The molecular formula is C26H20N2O3S. The third kappa shape index (κ3) is 3.76. The first-order chi connectivity index (χ1) is 15.5. The third-order valence-corrected chi connectivity index (χ3v) is 5.69. The Bertz CT molecular complexity index is 1500. The number of rotatable bonds is 3. The summed E-state index contributed by atoms with van der Waals surface area (Å²) < 4.78 is 11.7. The van der Waals surface area contributed by atoms with Gasteiger partial charge in [-0.1, -0.05) is 30.3 Å². The van der Waals surface area contributed by atoms with E-state index in [2.05, 4.69) is 17.6 Å². The van der Waals surface area contributed by atoms with Gasteiger partial charge in [-0.05, 0) is 73.6 Å². The molecule has 0 saturated carbocycles. The van der Waals surface area contributed by atoms with Gasteiger partial charge in [-0.2, -0.15) is 0 Å². The van der Waals surface area contributed by atoms with Crippen LogP contribution in [0.15, 0.2) is 81.6 Å². The predicted molar refractivity (Wildman–Crippen MR) is 131 cm³/mol. The summed E-state index contributed by atoms with van der Waals surface area (Å²) >= 11 is 5.32. The molecule has 2 aromatic heterocycles. The monoisotopic (exact) mass is 440 g/mol. The van der Waals surface area contributed by atoms with E-state index in [4.69, 9.17) is 21.1 Å². The summed E-state index contributed by atoms with van der Waals surface area (Å²) in [6, 6.07) is 23.1. The number of hydrogen-bond acceptors (Lipinski definition) is 4. The number of hydrogen-bond donors (Lipinski definition) is 2. The molecule has 3 aromatic carbocycles. The molecule has 5 aromatic rings. The lowest BCUT2D eigenvalue weighted by Crippen LogP contribution is -2.33. The van der Waals surface area contributed by atoms with Gasteiger partial charge in [0, 0.05) is 28.1 Å². The molecule has 158 valence electrons. The standard InChI is InChI=1S/C26H20N2O3S/c1-15-7-8-17(13-16(15)2)21-11-12-23(30-21)25(29)28-26(32)27-18-9-10-20-19-5-3-4-6-22(19)31-24(20)14-18/h3-14H,1-2H3,(H2,27,28,29,32). The molecule has 0 saturated heterocycles. The zero-order valence-electron chi connectivity index (χ0n) is 17.6. The molecule has 0 aliphatic carbocycles. The van der Waals surface area contributed by atoms with Crippen LogP contribution < -0.4 is 10.6 Å². The minimum absolute atomic E-state index is 0.176. The van der Waals surface area contributed by atoms with E-state index in [1.165, 1.54) is 5.56 Å². The van der Waals surface area contributed by atoms with E-state index >= 15 is 0 Å². The van der Waals surface area contributed by atoms with Crippen molar-refractivity contribution in [2.24, 2.45) is 0 Å². The van der Waals surface area contributed by atoms with E-state index in [0.29, 0.717) is 5.76 Å². The summed E-state index contributed by atoms with van der Waals surface area (Å²) in [7, 11) is 0. The maximum Gasteiger partial charge on any atom is 0.293 e. The first-order valence-electron chi connectivity index (χ1n) is 10.2. The highest BCUT2D eigenvalue weighted by molar-refractivity contribution is 7.80. The number of anilines is 1. The number of nitrogens with one attached hydrogen (secondary N) is 2. The molecule has 0 atom stereocenters. The van der Waals surface area contributed by atoms with E-state index in [1.54, 1.807) is 12.1 Å². The second-order valence-corrected chi connectivity index (χ2v) is 8.09. The van der Waals surface area contributed by atoms with Crippen molar-refractivity contribution < 1.29 is 13.6 Å². The van der Waals surface area contributed by atoms with Gasteiger partial charge in [0.05, 0.1) is 0 Å². The van der Waals surface area contributed by atoms with Crippen molar-refractivity contribution in [1.82, 2.24) is 5.32 Å². The fourth-order valence-corrected chi connectivity index (χ4v) is 3.85. The van der Waals surface area contributed by atoms with E-state index in [0.717, 1.165) is 38.8 Å². The van der Waals surface area contributed by atoms with Gasteiger partial charge in [-0.3, -0.25) is 10.1 Å². The van der Waals surface area contributed by atoms with Crippen LogP contribution in [0, 0.1) is 13.8 Å². The van der Waals surface area contributed by atoms with Crippen molar-refractivity contribution in [1.29, 1.82) is 0 Å². The minimum Gasteiger partial charge on any atom is -0.456 e. The maximum atomic E-state index is 12.6. The number of aryl methyl sites for hydroxylation is 2. The number of thiocarbonyl (C=S) groups is 1. The van der Waals surface area contributed by atoms with Crippen molar-refractivity contribution in [3.05, 3.63) is 89.7 Å². The number of carbonyl (C=O) groups excluding carboxylic acids is 1. The average Bonchev–Trinajstić information content (AvgIpc) is 3.40. The molecule has 2 heterocycles. The van der Waals surface area contributed by atoms with Crippen LogP contribution >= 0.6 is 12.2 Å². The van der Waals surface area contributed by atoms with Gasteiger partial charge in [-0.25, -0.2) is 0 Å². The van der Waals surface area contributed by atoms with Gasteiger partial charge in [0.1, 0.15) is 16.9 Å². The Kier molecular flexibility index (Phi) is 4.99. The molecule has 5 rings (SSSR count). The van der Waals surface area contributed by atoms with Gasteiger partial charge in [0.15, 0.2) is 10.9 Å². The lowest BCUT2D eigenvalue weighted by Gasteiger charge is -2.08. The molecule has 0 unspecified atom stereocenters. The van der Waals surface area contributed by atoms with E-state index < -0.39 is 5.91 Å². The number of carbonyl (C=O) groups is 1. The van der Waals surface area contributed by atoms with Crippen molar-refractivity contribution in [2.75, 3.05) is 5.32 Å². The molecule has 0 fully saturated rings. The summed E-state index contributed by atoms with van der Waals surface area (Å²) in [5, 5.41) is 7.95. The number of amides is 1. The first kappa shape index (κ1) is 20.0. The van der Waals surface area contributed by atoms with Crippen molar-refractivity contribution >= 4 is 50.9 Å². The van der Waals surface area contributed by atoms with Crippen LogP contribution in [0.4, 0.5) is 5.69 Å². The number of benzene rings is 3. The lowest BCUT2D eigenvalue weighted by atomic mass is 10.1. The van der Waals surface area contributed by atoms with E-state index in [9.17, 15) is 4.79 Å². The van der Waals surface area contributed by atoms with Crippen LogP contribution in [-0.4, -0.2) is 11.0 Å². The van der Waals surface area contributed by atoms with Crippen LogP contribution in [0.2, 0.25) is 0 Å². The smallest absolute Gasteiger partial charge is 0.293 e. The van der Waals surface area contributed by atoms with E-state index in [-0.39, 0.29) is 10.9 Å². The molecule has 32 heavy (non-hydrogen) atoms. The zero-order valence-corrected chi connectivity index (χ0v) is 18.4. The van der Waals surface area contributed by atoms with Gasteiger partial charge in [0.2, 0.25) is 0 Å². The molecule has 0 aliphatic rings. The zero-order chi connectivity index (χ0) is 22.2. The molecule has 1 amide bonds. The summed E-state index contributed by atoms with van der Waals surface area (Å²) in [6.45, 7) is 4.10. The Morgan fingerprint density at radius 2 is 1.62 bits per heavy atom. The van der Waals surface area contributed by atoms with Crippen molar-refractivity contribution in [3.8, 4) is 11.3 Å². The maximum absolute atomic E-state index is 12.6. The third-order valence-electron chi connectivity index (χ3n) is 5.48. The number of furan rings is 2. The SMILES string of the molecule is Cc1ccc(-c2ccc(C(=O)NC(=S)Nc3ccc4c(c3)oc3ccccc34)o2)cc1C. The highest BCUT2D eigenvalue weighted by Crippen LogP contribution is 2.30.